The minimum absolute atomic E-state index is 0.0470. The second-order valence-corrected chi connectivity index (χ2v) is 19.5. The fourth-order valence-electron chi connectivity index (χ4n) is 7.54. The number of hydrogen-bond donors (Lipinski definition) is 5. The lowest BCUT2D eigenvalue weighted by atomic mass is 9.97. The Hall–Kier alpha value is -5.27. The summed E-state index contributed by atoms with van der Waals surface area (Å²) in [5, 5.41) is 43.5. The lowest BCUT2D eigenvalue weighted by Gasteiger charge is -2.38. The van der Waals surface area contributed by atoms with Crippen LogP contribution in [0.2, 0.25) is 0 Å². The number of nitrogens with zero attached hydrogens (tertiary/aromatic N) is 1. The van der Waals surface area contributed by atoms with Gasteiger partial charge in [0.15, 0.2) is 6.10 Å². The summed E-state index contributed by atoms with van der Waals surface area (Å²) >= 11 is 0. The number of carboxylic acid groups (broad SMARTS) is 1. The normalized spacial score (nSPS) is 18.5. The van der Waals surface area contributed by atoms with Gasteiger partial charge in [0.05, 0.1) is 118 Å². The van der Waals surface area contributed by atoms with E-state index < -0.39 is 71.8 Å². The van der Waals surface area contributed by atoms with Gasteiger partial charge in [-0.05, 0) is 69.4 Å². The van der Waals surface area contributed by atoms with Crippen molar-refractivity contribution in [2.24, 2.45) is 5.41 Å². The van der Waals surface area contributed by atoms with Gasteiger partial charge in [-0.25, -0.2) is 4.79 Å². The Bertz CT molecular complexity index is 2160. The number of aliphatic hydroxyl groups excluding tert-OH is 3. The average Bonchev–Trinajstić information content (AvgIpc) is 3.93. The third-order valence-electron chi connectivity index (χ3n) is 12.0. The van der Waals surface area contributed by atoms with Crippen molar-refractivity contribution in [3.05, 3.63) is 71.3 Å². The second kappa shape index (κ2) is 40.1. The van der Waals surface area contributed by atoms with Crippen LogP contribution in [0.5, 0.6) is 11.5 Å². The maximum absolute atomic E-state index is 13.6. The van der Waals surface area contributed by atoms with E-state index in [4.69, 9.17) is 71.1 Å². The smallest absolute Gasteiger partial charge is 0.335 e. The molecule has 5 N–H and O–H groups in total. The molecule has 1 saturated heterocycles. The third kappa shape index (κ3) is 27.0. The number of benzene rings is 2. The molecule has 1 fully saturated rings. The van der Waals surface area contributed by atoms with Crippen LogP contribution in [0.3, 0.4) is 0 Å². The Morgan fingerprint density at radius 2 is 1.12 bits per heavy atom. The molecule has 2 aliphatic heterocycles. The van der Waals surface area contributed by atoms with Gasteiger partial charge in [-0.2, -0.15) is 0 Å². The highest BCUT2D eigenvalue weighted by Crippen LogP contribution is 2.30. The van der Waals surface area contributed by atoms with Crippen LogP contribution in [0.25, 0.3) is 0 Å². The molecular weight excluding hydrogens is 1080 g/mol. The molecule has 2 heterocycles. The molecule has 6 atom stereocenters. The second-order valence-electron chi connectivity index (χ2n) is 19.5. The molecule has 26 nitrogen and oxygen atoms in total. The molecule has 462 valence electrons. The number of rotatable bonds is 46. The molecule has 2 aliphatic rings. The summed E-state index contributed by atoms with van der Waals surface area (Å²) in [4.78, 5) is 64.4. The highest BCUT2D eigenvalue weighted by molar-refractivity contribution is 6.15. The number of carbonyl (C=O) groups is 5. The van der Waals surface area contributed by atoms with E-state index in [0.29, 0.717) is 154 Å². The van der Waals surface area contributed by atoms with Crippen molar-refractivity contribution >= 4 is 29.7 Å². The molecule has 2 aromatic rings. The van der Waals surface area contributed by atoms with Crippen molar-refractivity contribution in [1.29, 1.82) is 0 Å². The van der Waals surface area contributed by atoms with Crippen LogP contribution in [0.15, 0.2) is 54.6 Å². The van der Waals surface area contributed by atoms with Gasteiger partial charge in [-0.15, -0.1) is 0 Å². The molecular formula is C56H84N2O24. The number of imide groups is 1. The van der Waals surface area contributed by atoms with E-state index in [9.17, 15) is 44.4 Å². The largest absolute Gasteiger partial charge is 0.491 e. The van der Waals surface area contributed by atoms with E-state index in [1.165, 1.54) is 0 Å². The number of unbranched alkanes of at least 4 members (excludes halogenated alkanes) is 1. The molecule has 0 unspecified atom stereocenters. The molecule has 0 spiro atoms. The number of aryl methyl sites for hydroxylation is 1. The zero-order chi connectivity index (χ0) is 59.4. The summed E-state index contributed by atoms with van der Waals surface area (Å²) in [6, 6.07) is 10.8. The van der Waals surface area contributed by atoms with E-state index in [1.807, 2.05) is 0 Å². The number of carboxylic acids is 1. The number of amides is 3. The average molecular weight is 1170 g/mol. The molecule has 0 aliphatic carbocycles. The van der Waals surface area contributed by atoms with Crippen LogP contribution >= 0.6 is 0 Å². The predicted octanol–water partition coefficient (Wildman–Crippen LogP) is 1.13. The maximum atomic E-state index is 13.6. The van der Waals surface area contributed by atoms with Crippen molar-refractivity contribution < 1.29 is 115 Å². The van der Waals surface area contributed by atoms with Crippen LogP contribution < -0.4 is 14.8 Å². The van der Waals surface area contributed by atoms with Crippen LogP contribution in [0.4, 0.5) is 0 Å². The molecule has 3 amide bonds. The monoisotopic (exact) mass is 1170 g/mol. The van der Waals surface area contributed by atoms with Crippen molar-refractivity contribution in [2.45, 2.75) is 89.8 Å². The summed E-state index contributed by atoms with van der Waals surface area (Å²) in [5.41, 5.74) is 0.935. The van der Waals surface area contributed by atoms with Crippen LogP contribution in [-0.2, 0) is 105 Å². The van der Waals surface area contributed by atoms with Gasteiger partial charge in [-0.1, -0.05) is 24.3 Å². The molecule has 2 aromatic carbocycles. The SMILES string of the molecule is COCCOCOCOCCOCCOCCOCCOCCOCCOCCOCCOc1ccc(C[C@@H](C(=O)NCCCCc2ccc(COC(=O)C(C)(C)C)c(O[C@@H]3O[C@H](C(=O)O)[C@@H](O)[C@H](O)[C@H]3O)c2)N2C(=O)C=CC2=O)cc1. The fourth-order valence-corrected chi connectivity index (χ4v) is 7.54. The number of aliphatic carboxylic acids is 1. The van der Waals surface area contributed by atoms with E-state index in [2.05, 4.69) is 5.32 Å². The zero-order valence-electron chi connectivity index (χ0n) is 47.4. The Kier molecular flexibility index (Phi) is 33.8. The predicted molar refractivity (Wildman–Crippen MR) is 287 cm³/mol. The highest BCUT2D eigenvalue weighted by Gasteiger charge is 2.48. The Labute approximate surface area is 478 Å². The van der Waals surface area contributed by atoms with Crippen molar-refractivity contribution in [1.82, 2.24) is 10.2 Å². The maximum Gasteiger partial charge on any atom is 0.335 e. The van der Waals surface area contributed by atoms with E-state index in [0.717, 1.165) is 17.1 Å². The highest BCUT2D eigenvalue weighted by atomic mass is 16.7. The summed E-state index contributed by atoms with van der Waals surface area (Å²) in [7, 11) is 1.60. The van der Waals surface area contributed by atoms with Gasteiger partial charge in [0.2, 0.25) is 12.2 Å². The standard InChI is InChI=1S/C56H84N2O24/c1-56(2,3)55(67)80-37-42-11-8-40(36-45(42)81-54-50(63)48(61)49(62)51(82-54)53(65)66)7-5-6-16-57-52(64)44(58-46(59)14-15-47(58)60)35-41-9-12-43(13-10-41)79-34-33-75-30-29-73-26-25-71-22-21-69-19-20-70-23-24-72-27-28-74-31-32-77-39-78-38-76-18-17-68-4/h8-15,36,44,48-51,54,61-63H,5-7,16-35,37-39H2,1-4H3,(H,57,64)(H,65,66)/t44-,48-,49-,50+,51-,54+/m0/s1. The topological polar surface area (TPSA) is 320 Å². The molecule has 0 saturated carbocycles. The molecule has 82 heavy (non-hydrogen) atoms. The molecule has 0 aromatic heterocycles. The number of aliphatic hydroxyl groups is 3. The van der Waals surface area contributed by atoms with E-state index in [-0.39, 0.29) is 45.5 Å². The number of hydrogen-bond acceptors (Lipinski definition) is 23. The summed E-state index contributed by atoms with van der Waals surface area (Å²) < 4.78 is 81.5. The van der Waals surface area contributed by atoms with Gasteiger partial charge < -0.3 is 96.8 Å². The zero-order valence-corrected chi connectivity index (χ0v) is 47.4. The number of nitrogens with one attached hydrogen (secondary N) is 1. The van der Waals surface area contributed by atoms with Crippen LogP contribution in [0, 0.1) is 5.41 Å². The summed E-state index contributed by atoms with van der Waals surface area (Å²) in [6.45, 7) is 12.8. The molecule has 26 heteroatoms. The van der Waals surface area contributed by atoms with Gasteiger partial charge in [0.1, 0.15) is 62.7 Å². The first-order valence-electron chi connectivity index (χ1n) is 27.3. The summed E-state index contributed by atoms with van der Waals surface area (Å²) in [6.07, 6.45) is -5.50. The summed E-state index contributed by atoms with van der Waals surface area (Å²) in [5.74, 6) is -3.17. The van der Waals surface area contributed by atoms with Crippen molar-refractivity contribution in [3.8, 4) is 11.5 Å². The number of ether oxygens (including phenoxy) is 15. The van der Waals surface area contributed by atoms with E-state index >= 15 is 0 Å². The lowest BCUT2D eigenvalue weighted by molar-refractivity contribution is -0.271. The molecule has 0 bridgehead atoms. The Morgan fingerprint density at radius 3 is 1.63 bits per heavy atom. The minimum Gasteiger partial charge on any atom is -0.491 e. The third-order valence-corrected chi connectivity index (χ3v) is 12.0. The molecule has 4 rings (SSSR count). The quantitative estimate of drug-likeness (QED) is 0.0268. The first kappa shape index (κ1) is 69.2. The first-order valence-corrected chi connectivity index (χ1v) is 27.3. The first-order chi connectivity index (χ1) is 39.6. The van der Waals surface area contributed by atoms with Gasteiger partial charge in [0, 0.05) is 37.8 Å². The van der Waals surface area contributed by atoms with Crippen LogP contribution in [-0.4, -0.2) is 238 Å². The Morgan fingerprint density at radius 1 is 0.622 bits per heavy atom. The lowest BCUT2D eigenvalue weighted by Crippen LogP contribution is -2.61. The number of esters is 1. The number of carbonyl (C=O) groups excluding carboxylic acids is 4. The van der Waals surface area contributed by atoms with Crippen LogP contribution in [0.1, 0.15) is 50.3 Å². The minimum atomic E-state index is -1.92. The van der Waals surface area contributed by atoms with Gasteiger partial charge in [-0.3, -0.25) is 24.1 Å². The van der Waals surface area contributed by atoms with Gasteiger partial charge in [0.25, 0.3) is 11.8 Å². The number of methoxy groups -OCH3 is 1. The Balaban J connectivity index is 1.05. The fraction of sp³-hybridized carbons (Fsp3) is 0.661. The van der Waals surface area contributed by atoms with Crippen molar-refractivity contribution in [3.63, 3.8) is 0 Å². The van der Waals surface area contributed by atoms with E-state index in [1.54, 1.807) is 70.3 Å². The van der Waals surface area contributed by atoms with Gasteiger partial charge >= 0.3 is 11.9 Å². The molecule has 0 radical (unpaired) electrons. The van der Waals surface area contributed by atoms with Crippen molar-refractivity contribution in [2.75, 3.05) is 146 Å².